The maximum atomic E-state index is 12.7. The quantitative estimate of drug-likeness (QED) is 0.832. The summed E-state index contributed by atoms with van der Waals surface area (Å²) in [6, 6.07) is 6.31. The van der Waals surface area contributed by atoms with Crippen molar-refractivity contribution >= 4 is 33.0 Å². The van der Waals surface area contributed by atoms with Crippen molar-refractivity contribution in [1.82, 2.24) is 14.2 Å². The van der Waals surface area contributed by atoms with Crippen LogP contribution in [0.15, 0.2) is 34.5 Å². The molecule has 140 valence electrons. The highest BCUT2D eigenvalue weighted by molar-refractivity contribution is 7.89. The number of hydrogen-bond acceptors (Lipinski definition) is 6. The van der Waals surface area contributed by atoms with Crippen LogP contribution in [0.1, 0.15) is 10.7 Å². The van der Waals surface area contributed by atoms with Crippen molar-refractivity contribution in [3.05, 3.63) is 40.3 Å². The molecule has 1 N–H and O–H groups in total. The zero-order valence-electron chi connectivity index (χ0n) is 14.8. The number of rotatable bonds is 5. The maximum absolute atomic E-state index is 12.7. The van der Waals surface area contributed by atoms with Gasteiger partial charge < -0.3 is 10.2 Å². The molecule has 26 heavy (non-hydrogen) atoms. The number of carbonyl (C=O) groups excluding carboxylic acids is 1. The number of aromatic nitrogens is 1. The van der Waals surface area contributed by atoms with Crippen molar-refractivity contribution in [3.63, 3.8) is 0 Å². The van der Waals surface area contributed by atoms with Crippen molar-refractivity contribution in [2.24, 2.45) is 0 Å². The lowest BCUT2D eigenvalue weighted by Gasteiger charge is -2.31. The number of amides is 1. The molecular weight excluding hydrogens is 372 g/mol. The van der Waals surface area contributed by atoms with Crippen molar-refractivity contribution in [3.8, 4) is 0 Å². The predicted octanol–water partition coefficient (Wildman–Crippen LogP) is 1.57. The first-order valence-corrected chi connectivity index (χ1v) is 10.7. The normalized spacial score (nSPS) is 16.5. The molecule has 7 nitrogen and oxygen atoms in total. The van der Waals surface area contributed by atoms with Crippen molar-refractivity contribution in [1.29, 1.82) is 0 Å². The van der Waals surface area contributed by atoms with Crippen LogP contribution in [0.5, 0.6) is 0 Å². The highest BCUT2D eigenvalue weighted by Gasteiger charge is 2.27. The first-order valence-electron chi connectivity index (χ1n) is 8.34. The Morgan fingerprint density at radius 2 is 1.85 bits per heavy atom. The Morgan fingerprint density at radius 1 is 1.19 bits per heavy atom. The van der Waals surface area contributed by atoms with E-state index in [1.807, 2.05) is 19.4 Å². The van der Waals surface area contributed by atoms with E-state index in [4.69, 9.17) is 0 Å². The molecule has 0 spiro atoms. The molecule has 0 radical (unpaired) electrons. The Hall–Kier alpha value is -1.81. The van der Waals surface area contributed by atoms with Crippen LogP contribution in [0, 0.1) is 6.92 Å². The van der Waals surface area contributed by atoms with Gasteiger partial charge >= 0.3 is 0 Å². The number of nitrogens with one attached hydrogen (secondary N) is 1. The molecule has 0 unspecified atom stereocenters. The van der Waals surface area contributed by atoms with Gasteiger partial charge in [-0.3, -0.25) is 4.79 Å². The molecule has 1 saturated heterocycles. The minimum atomic E-state index is -3.49. The Kier molecular flexibility index (Phi) is 5.71. The van der Waals surface area contributed by atoms with Gasteiger partial charge in [-0.1, -0.05) is 0 Å². The Morgan fingerprint density at radius 3 is 2.42 bits per heavy atom. The Labute approximate surface area is 157 Å². The second kappa shape index (κ2) is 7.83. The zero-order chi connectivity index (χ0) is 18.7. The number of nitrogens with zero attached hydrogens (tertiary/aromatic N) is 3. The van der Waals surface area contributed by atoms with E-state index < -0.39 is 10.0 Å². The molecule has 9 heteroatoms. The van der Waals surface area contributed by atoms with E-state index in [1.54, 1.807) is 12.1 Å². The molecule has 0 atom stereocenters. The van der Waals surface area contributed by atoms with Crippen LogP contribution in [0.25, 0.3) is 0 Å². The molecule has 0 bridgehead atoms. The van der Waals surface area contributed by atoms with Crippen molar-refractivity contribution < 1.29 is 13.2 Å². The Bertz CT molecular complexity index is 870. The van der Waals surface area contributed by atoms with E-state index in [0.29, 0.717) is 18.8 Å². The number of piperazine rings is 1. The lowest BCUT2D eigenvalue weighted by Crippen LogP contribution is -2.46. The average molecular weight is 395 g/mol. The van der Waals surface area contributed by atoms with E-state index in [2.05, 4.69) is 15.2 Å². The van der Waals surface area contributed by atoms with Gasteiger partial charge in [0.2, 0.25) is 15.9 Å². The van der Waals surface area contributed by atoms with Crippen LogP contribution in [0.4, 0.5) is 5.69 Å². The number of likely N-dealkylation sites (N-methyl/N-ethyl adjacent to an activating group) is 1. The lowest BCUT2D eigenvalue weighted by atomic mass is 10.3. The van der Waals surface area contributed by atoms with Gasteiger partial charge in [-0.05, 0) is 38.2 Å². The summed E-state index contributed by atoms with van der Waals surface area (Å²) < 4.78 is 26.9. The molecule has 0 aliphatic carbocycles. The molecule has 0 saturated carbocycles. The minimum Gasteiger partial charge on any atom is -0.326 e. The summed E-state index contributed by atoms with van der Waals surface area (Å²) in [6.07, 6.45) is 0.200. The van der Waals surface area contributed by atoms with E-state index >= 15 is 0 Å². The minimum absolute atomic E-state index is 0.176. The van der Waals surface area contributed by atoms with Gasteiger partial charge in [-0.25, -0.2) is 13.4 Å². The molecule has 2 heterocycles. The molecule has 1 aliphatic heterocycles. The molecule has 1 aromatic heterocycles. The summed E-state index contributed by atoms with van der Waals surface area (Å²) >= 11 is 1.51. The summed E-state index contributed by atoms with van der Waals surface area (Å²) in [5.74, 6) is -0.176. The predicted molar refractivity (Wildman–Crippen MR) is 102 cm³/mol. The van der Waals surface area contributed by atoms with Crippen LogP contribution >= 0.6 is 11.3 Å². The number of carbonyl (C=O) groups is 1. The standard InChI is InChI=1S/C17H22N4O3S2/c1-13-18-15(12-25-13)11-17(22)19-14-3-5-16(6-4-14)26(23,24)21-9-7-20(2)8-10-21/h3-6,12H,7-11H2,1-2H3,(H,19,22). The van der Waals surface area contributed by atoms with Gasteiger partial charge in [0.05, 0.1) is 22.0 Å². The van der Waals surface area contributed by atoms with Crippen LogP contribution in [-0.2, 0) is 21.2 Å². The van der Waals surface area contributed by atoms with Gasteiger partial charge in [0, 0.05) is 37.2 Å². The zero-order valence-corrected chi connectivity index (χ0v) is 16.4. The van der Waals surface area contributed by atoms with Gasteiger partial charge in [0.1, 0.15) is 0 Å². The SMILES string of the molecule is Cc1nc(CC(=O)Nc2ccc(S(=O)(=O)N3CCN(C)CC3)cc2)cs1. The number of sulfonamides is 1. The number of benzene rings is 1. The average Bonchev–Trinajstić information content (AvgIpc) is 3.00. The van der Waals surface area contributed by atoms with Crippen molar-refractivity contribution in [2.75, 3.05) is 38.5 Å². The highest BCUT2D eigenvalue weighted by atomic mass is 32.2. The third-order valence-corrected chi connectivity index (χ3v) is 6.98. The van der Waals surface area contributed by atoms with E-state index in [9.17, 15) is 13.2 Å². The summed E-state index contributed by atoms with van der Waals surface area (Å²) in [4.78, 5) is 18.7. The van der Waals surface area contributed by atoms with E-state index in [1.165, 1.54) is 27.8 Å². The fraction of sp³-hybridized carbons (Fsp3) is 0.412. The summed E-state index contributed by atoms with van der Waals surface area (Å²) in [7, 11) is -1.51. The van der Waals surface area contributed by atoms with Crippen LogP contribution < -0.4 is 5.32 Å². The van der Waals surface area contributed by atoms with Crippen LogP contribution in [-0.4, -0.2) is 61.7 Å². The molecule has 3 rings (SSSR count). The molecule has 2 aromatic rings. The van der Waals surface area contributed by atoms with Gasteiger partial charge in [0.15, 0.2) is 0 Å². The van der Waals surface area contributed by atoms with Crippen molar-refractivity contribution in [2.45, 2.75) is 18.2 Å². The number of aryl methyl sites for hydroxylation is 1. The second-order valence-corrected chi connectivity index (χ2v) is 9.31. The molecule has 1 aromatic carbocycles. The smallest absolute Gasteiger partial charge is 0.243 e. The fourth-order valence-electron chi connectivity index (χ4n) is 2.75. The number of anilines is 1. The third kappa shape index (κ3) is 4.47. The van der Waals surface area contributed by atoms with E-state index in [-0.39, 0.29) is 17.2 Å². The number of hydrogen-bond donors (Lipinski definition) is 1. The fourth-order valence-corrected chi connectivity index (χ4v) is 4.78. The first kappa shape index (κ1) is 19.0. The molecule has 1 aliphatic rings. The topological polar surface area (TPSA) is 82.6 Å². The first-order chi connectivity index (χ1) is 12.3. The Balaban J connectivity index is 1.63. The maximum Gasteiger partial charge on any atom is 0.243 e. The van der Waals surface area contributed by atoms with Crippen LogP contribution in [0.2, 0.25) is 0 Å². The largest absolute Gasteiger partial charge is 0.326 e. The monoisotopic (exact) mass is 394 g/mol. The van der Waals surface area contributed by atoms with E-state index in [0.717, 1.165) is 23.8 Å². The number of thiazole rings is 1. The second-order valence-electron chi connectivity index (χ2n) is 6.31. The van der Waals surface area contributed by atoms with Gasteiger partial charge in [-0.2, -0.15) is 4.31 Å². The van der Waals surface area contributed by atoms with Crippen LogP contribution in [0.3, 0.4) is 0 Å². The third-order valence-electron chi connectivity index (χ3n) is 4.25. The summed E-state index contributed by atoms with van der Waals surface area (Å²) in [6.45, 7) is 4.33. The highest BCUT2D eigenvalue weighted by Crippen LogP contribution is 2.20. The molecular formula is C17H22N4O3S2. The molecule has 1 amide bonds. The summed E-state index contributed by atoms with van der Waals surface area (Å²) in [5.41, 5.74) is 1.30. The van der Waals surface area contributed by atoms with Gasteiger partial charge in [-0.15, -0.1) is 11.3 Å². The lowest BCUT2D eigenvalue weighted by molar-refractivity contribution is -0.115. The van der Waals surface area contributed by atoms with Gasteiger partial charge in [0.25, 0.3) is 0 Å². The molecule has 1 fully saturated rings. The summed E-state index contributed by atoms with van der Waals surface area (Å²) in [5, 5.41) is 5.56.